The number of aryl methyl sites for hydroxylation is 1. The fraction of sp³-hybridized carbons (Fsp3) is 0.450. The number of amides is 1. The van der Waals surface area contributed by atoms with Crippen LogP contribution in [0.15, 0.2) is 36.8 Å². The predicted molar refractivity (Wildman–Crippen MR) is 106 cm³/mol. The van der Waals surface area contributed by atoms with Gasteiger partial charge < -0.3 is 29.6 Å². The average Bonchev–Trinajstić information content (AvgIpc) is 3.11. The Balaban J connectivity index is 1.79. The van der Waals surface area contributed by atoms with Crippen LogP contribution in [0.5, 0.6) is 5.75 Å². The van der Waals surface area contributed by atoms with Crippen LogP contribution in [0.1, 0.15) is 27.2 Å². The molecule has 1 heterocycles. The molecule has 1 aromatic heterocycles. The number of carboxylic acids is 1. The standard InChI is InChI=1S/C20H27N3O6/c1-20(2,3)29-19(27)21-9-4-10-23-11-16(22-13-23)14-5-7-15(8-6-14)28-12-17(24)18(25)26/h5-8,11,13,17,24H,4,9-10,12H2,1-3H3,(H,21,27)(H,25,26). The molecule has 3 N–H and O–H groups in total. The second-order valence-corrected chi connectivity index (χ2v) is 7.47. The number of aliphatic hydroxyl groups excluding tert-OH is 1. The largest absolute Gasteiger partial charge is 0.490 e. The number of nitrogens with zero attached hydrogens (tertiary/aromatic N) is 2. The molecule has 0 fully saturated rings. The lowest BCUT2D eigenvalue weighted by molar-refractivity contribution is -0.148. The molecule has 9 heteroatoms. The zero-order valence-corrected chi connectivity index (χ0v) is 16.8. The van der Waals surface area contributed by atoms with Gasteiger partial charge in [-0.1, -0.05) is 0 Å². The van der Waals surface area contributed by atoms with Crippen molar-refractivity contribution in [3.8, 4) is 17.0 Å². The first kappa shape index (κ1) is 22.2. The van der Waals surface area contributed by atoms with Gasteiger partial charge in [-0.05, 0) is 51.5 Å². The first-order valence-electron chi connectivity index (χ1n) is 9.27. The van der Waals surface area contributed by atoms with E-state index in [1.54, 1.807) is 30.6 Å². The molecule has 0 saturated carbocycles. The third kappa shape index (κ3) is 7.82. The fourth-order valence-corrected chi connectivity index (χ4v) is 2.37. The Morgan fingerprint density at radius 1 is 1.24 bits per heavy atom. The molecular weight excluding hydrogens is 378 g/mol. The molecular formula is C20H27N3O6. The van der Waals surface area contributed by atoms with Crippen LogP contribution in [0.25, 0.3) is 11.3 Å². The summed E-state index contributed by atoms with van der Waals surface area (Å²) in [5, 5.41) is 20.6. The Hall–Kier alpha value is -3.07. The first-order chi connectivity index (χ1) is 13.6. The molecule has 2 rings (SSSR count). The summed E-state index contributed by atoms with van der Waals surface area (Å²) in [7, 11) is 0. The molecule has 1 aromatic carbocycles. The SMILES string of the molecule is CC(C)(C)OC(=O)NCCCn1cnc(-c2ccc(OCC(O)C(=O)O)cc2)c1. The smallest absolute Gasteiger partial charge is 0.407 e. The highest BCUT2D eigenvalue weighted by atomic mass is 16.6. The zero-order valence-electron chi connectivity index (χ0n) is 16.8. The number of carbonyl (C=O) groups excluding carboxylic acids is 1. The van der Waals surface area contributed by atoms with Crippen molar-refractivity contribution in [1.82, 2.24) is 14.9 Å². The number of hydrogen-bond acceptors (Lipinski definition) is 6. The molecule has 158 valence electrons. The summed E-state index contributed by atoms with van der Waals surface area (Å²) in [5.41, 5.74) is 1.14. The molecule has 0 bridgehead atoms. The van der Waals surface area contributed by atoms with E-state index < -0.39 is 23.8 Å². The van der Waals surface area contributed by atoms with Gasteiger partial charge in [0.25, 0.3) is 0 Å². The second kappa shape index (κ2) is 9.92. The summed E-state index contributed by atoms with van der Waals surface area (Å²) in [5.74, 6) is -0.866. The quantitative estimate of drug-likeness (QED) is 0.547. The van der Waals surface area contributed by atoms with Gasteiger partial charge in [0.05, 0.1) is 12.0 Å². The Morgan fingerprint density at radius 3 is 2.55 bits per heavy atom. The third-order valence-electron chi connectivity index (χ3n) is 3.74. The van der Waals surface area contributed by atoms with Crippen molar-refractivity contribution in [2.75, 3.05) is 13.2 Å². The molecule has 1 atom stereocenters. The van der Waals surface area contributed by atoms with Crippen molar-refractivity contribution in [1.29, 1.82) is 0 Å². The zero-order chi connectivity index (χ0) is 21.4. The Labute approximate surface area is 169 Å². The number of ether oxygens (including phenoxy) is 2. The van der Waals surface area contributed by atoms with Crippen molar-refractivity contribution >= 4 is 12.1 Å². The molecule has 1 unspecified atom stereocenters. The molecule has 0 aliphatic carbocycles. The van der Waals surface area contributed by atoms with Crippen LogP contribution in [-0.2, 0) is 16.1 Å². The van der Waals surface area contributed by atoms with E-state index in [1.807, 2.05) is 31.5 Å². The fourth-order valence-electron chi connectivity index (χ4n) is 2.37. The molecule has 29 heavy (non-hydrogen) atoms. The van der Waals surface area contributed by atoms with Crippen LogP contribution in [0.2, 0.25) is 0 Å². The number of aliphatic carboxylic acids is 1. The molecule has 9 nitrogen and oxygen atoms in total. The third-order valence-corrected chi connectivity index (χ3v) is 3.74. The number of carboxylic acid groups (broad SMARTS) is 1. The molecule has 2 aromatic rings. The van der Waals surface area contributed by atoms with E-state index in [4.69, 9.17) is 14.6 Å². The number of imidazole rings is 1. The van der Waals surface area contributed by atoms with Crippen LogP contribution in [0.3, 0.4) is 0 Å². The highest BCUT2D eigenvalue weighted by Gasteiger charge is 2.15. The van der Waals surface area contributed by atoms with Gasteiger partial charge in [-0.25, -0.2) is 14.6 Å². The lowest BCUT2D eigenvalue weighted by Gasteiger charge is -2.19. The highest BCUT2D eigenvalue weighted by molar-refractivity contribution is 5.72. The lowest BCUT2D eigenvalue weighted by atomic mass is 10.1. The van der Waals surface area contributed by atoms with Crippen LogP contribution < -0.4 is 10.1 Å². The summed E-state index contributed by atoms with van der Waals surface area (Å²) >= 11 is 0. The van der Waals surface area contributed by atoms with Gasteiger partial charge >= 0.3 is 12.1 Å². The summed E-state index contributed by atoms with van der Waals surface area (Å²) < 4.78 is 12.4. The number of hydrogen-bond donors (Lipinski definition) is 3. The van der Waals surface area contributed by atoms with Crippen LogP contribution in [0.4, 0.5) is 4.79 Å². The predicted octanol–water partition coefficient (Wildman–Crippen LogP) is 2.29. The number of nitrogens with one attached hydrogen (secondary N) is 1. The molecule has 1 amide bonds. The maximum absolute atomic E-state index is 11.6. The van der Waals surface area contributed by atoms with Gasteiger partial charge in [-0.15, -0.1) is 0 Å². The maximum atomic E-state index is 11.6. The average molecular weight is 405 g/mol. The van der Waals surface area contributed by atoms with Crippen molar-refractivity contribution in [3.05, 3.63) is 36.8 Å². The minimum Gasteiger partial charge on any atom is -0.490 e. The number of aromatic nitrogens is 2. The summed E-state index contributed by atoms with van der Waals surface area (Å²) in [4.78, 5) is 26.5. The summed E-state index contributed by atoms with van der Waals surface area (Å²) in [6.45, 7) is 6.32. The van der Waals surface area contributed by atoms with E-state index in [9.17, 15) is 14.7 Å². The number of carbonyl (C=O) groups is 2. The minimum absolute atomic E-state index is 0.319. The second-order valence-electron chi connectivity index (χ2n) is 7.47. The molecule has 0 radical (unpaired) electrons. The van der Waals surface area contributed by atoms with Gasteiger partial charge in [0.1, 0.15) is 18.0 Å². The monoisotopic (exact) mass is 405 g/mol. The van der Waals surface area contributed by atoms with Crippen molar-refractivity contribution in [3.63, 3.8) is 0 Å². The molecule has 0 saturated heterocycles. The van der Waals surface area contributed by atoms with E-state index in [1.165, 1.54) is 0 Å². The van der Waals surface area contributed by atoms with Crippen molar-refractivity contribution < 1.29 is 29.3 Å². The van der Waals surface area contributed by atoms with Crippen molar-refractivity contribution in [2.45, 2.75) is 45.4 Å². The van der Waals surface area contributed by atoms with Crippen LogP contribution in [-0.4, -0.2) is 56.7 Å². The Bertz CT molecular complexity index is 810. The Morgan fingerprint density at radius 2 is 1.93 bits per heavy atom. The number of rotatable bonds is 9. The number of alkyl carbamates (subject to hydrolysis) is 1. The van der Waals surface area contributed by atoms with Gasteiger partial charge in [0.2, 0.25) is 0 Å². The first-order valence-corrected chi connectivity index (χ1v) is 9.27. The summed E-state index contributed by atoms with van der Waals surface area (Å²) in [6, 6.07) is 6.99. The van der Waals surface area contributed by atoms with E-state index in [0.717, 1.165) is 17.7 Å². The lowest BCUT2D eigenvalue weighted by Crippen LogP contribution is -2.33. The van der Waals surface area contributed by atoms with Crippen molar-refractivity contribution in [2.24, 2.45) is 0 Å². The van der Waals surface area contributed by atoms with E-state index in [2.05, 4.69) is 10.3 Å². The van der Waals surface area contributed by atoms with Gasteiger partial charge in [0.15, 0.2) is 6.10 Å². The molecule has 0 aliphatic heterocycles. The van der Waals surface area contributed by atoms with Crippen LogP contribution in [0, 0.1) is 0 Å². The minimum atomic E-state index is -1.56. The number of benzene rings is 1. The Kier molecular flexibility index (Phi) is 7.60. The molecule has 0 aliphatic rings. The van der Waals surface area contributed by atoms with E-state index in [0.29, 0.717) is 18.8 Å². The van der Waals surface area contributed by atoms with E-state index >= 15 is 0 Å². The number of aliphatic hydroxyl groups is 1. The van der Waals surface area contributed by atoms with Gasteiger partial charge in [-0.3, -0.25) is 0 Å². The highest BCUT2D eigenvalue weighted by Crippen LogP contribution is 2.21. The summed E-state index contributed by atoms with van der Waals surface area (Å²) in [6.07, 6.45) is 2.36. The van der Waals surface area contributed by atoms with E-state index in [-0.39, 0.29) is 6.61 Å². The topological polar surface area (TPSA) is 123 Å². The van der Waals surface area contributed by atoms with Gasteiger partial charge in [0, 0.05) is 24.8 Å². The molecule has 0 spiro atoms. The van der Waals surface area contributed by atoms with Gasteiger partial charge in [-0.2, -0.15) is 0 Å². The normalized spacial score (nSPS) is 12.3. The maximum Gasteiger partial charge on any atom is 0.407 e. The van der Waals surface area contributed by atoms with Crippen LogP contribution >= 0.6 is 0 Å².